The number of amides is 1. The summed E-state index contributed by atoms with van der Waals surface area (Å²) >= 11 is 0. The van der Waals surface area contributed by atoms with Crippen LogP contribution in [0.15, 0.2) is 24.3 Å². The summed E-state index contributed by atoms with van der Waals surface area (Å²) in [5.74, 6) is 1.83. The van der Waals surface area contributed by atoms with Crippen molar-refractivity contribution in [2.75, 3.05) is 26.0 Å². The van der Waals surface area contributed by atoms with Crippen LogP contribution in [-0.4, -0.2) is 43.8 Å². The zero-order chi connectivity index (χ0) is 19.9. The van der Waals surface area contributed by atoms with Gasteiger partial charge in [-0.1, -0.05) is 38.3 Å². The fourth-order valence-corrected chi connectivity index (χ4v) is 4.91. The third-order valence-corrected chi connectivity index (χ3v) is 6.32. The van der Waals surface area contributed by atoms with E-state index >= 15 is 0 Å². The Kier molecular flexibility index (Phi) is 7.60. The van der Waals surface area contributed by atoms with Crippen molar-refractivity contribution >= 4 is 11.8 Å². The summed E-state index contributed by atoms with van der Waals surface area (Å²) in [5.41, 5.74) is 0.686. The molecular weight excluding hydrogens is 352 g/mol. The Bertz CT molecular complexity index is 626. The van der Waals surface area contributed by atoms with E-state index in [-0.39, 0.29) is 12.2 Å². The maximum Gasteiger partial charge on any atom is 0.412 e. The number of para-hydroxylation sites is 2. The van der Waals surface area contributed by atoms with Gasteiger partial charge in [-0.05, 0) is 70.2 Å². The number of hydrogen-bond donors (Lipinski definition) is 1. The fourth-order valence-electron chi connectivity index (χ4n) is 4.91. The molecule has 0 aromatic heterocycles. The maximum atomic E-state index is 12.7. The van der Waals surface area contributed by atoms with Gasteiger partial charge in [-0.15, -0.1) is 0 Å². The quantitative estimate of drug-likeness (QED) is 0.582. The number of rotatable bonds is 9. The summed E-state index contributed by atoms with van der Waals surface area (Å²) in [7, 11) is 4.20. The second kappa shape index (κ2) is 10.1. The molecule has 1 aromatic rings. The number of carbonyl (C=O) groups excluding carboxylic acids is 1. The molecule has 0 spiro atoms. The standard InChI is InChI=1S/C23H36N2O3/c1-4-5-6-9-16-27-20-11-8-7-10-19(20)24-23(26)28-22-18-14-12-17(13-15-18)21(22)25(2)3/h7-8,10-11,17-18,21-22H,4-6,9,12-16H2,1-3H3,(H,24,26)/t17?,18?,21-,22-/m0/s1. The molecule has 5 nitrogen and oxygen atoms in total. The first kappa shape index (κ1) is 21.0. The van der Waals surface area contributed by atoms with Crippen molar-refractivity contribution in [2.45, 2.75) is 70.4 Å². The Morgan fingerprint density at radius 3 is 2.50 bits per heavy atom. The van der Waals surface area contributed by atoms with E-state index in [1.54, 1.807) is 0 Å². The van der Waals surface area contributed by atoms with E-state index in [0.29, 0.717) is 35.9 Å². The highest BCUT2D eigenvalue weighted by atomic mass is 16.6. The van der Waals surface area contributed by atoms with E-state index in [9.17, 15) is 4.79 Å². The molecule has 0 unspecified atom stereocenters. The molecule has 156 valence electrons. The molecule has 2 bridgehead atoms. The van der Waals surface area contributed by atoms with Gasteiger partial charge in [0.05, 0.1) is 12.3 Å². The molecule has 0 radical (unpaired) electrons. The highest BCUT2D eigenvalue weighted by Crippen LogP contribution is 2.44. The minimum absolute atomic E-state index is 0.0235. The molecule has 1 amide bonds. The van der Waals surface area contributed by atoms with Crippen molar-refractivity contribution in [3.63, 3.8) is 0 Å². The van der Waals surface area contributed by atoms with Crippen LogP contribution in [0.5, 0.6) is 5.75 Å². The molecule has 28 heavy (non-hydrogen) atoms. The highest BCUT2D eigenvalue weighted by Gasteiger charge is 2.46. The first-order chi connectivity index (χ1) is 13.6. The monoisotopic (exact) mass is 388 g/mol. The van der Waals surface area contributed by atoms with E-state index in [2.05, 4.69) is 31.2 Å². The summed E-state index contributed by atoms with van der Waals surface area (Å²) in [6.07, 6.45) is 9.10. The maximum absolute atomic E-state index is 12.7. The zero-order valence-electron chi connectivity index (χ0n) is 17.7. The van der Waals surface area contributed by atoms with Gasteiger partial charge in [0.1, 0.15) is 11.9 Å². The van der Waals surface area contributed by atoms with E-state index in [4.69, 9.17) is 9.47 Å². The van der Waals surface area contributed by atoms with Crippen LogP contribution in [0.2, 0.25) is 0 Å². The van der Waals surface area contributed by atoms with Gasteiger partial charge in [-0.2, -0.15) is 0 Å². The molecule has 1 aromatic carbocycles. The van der Waals surface area contributed by atoms with Gasteiger partial charge in [0.15, 0.2) is 0 Å². The van der Waals surface area contributed by atoms with Crippen LogP contribution in [0.4, 0.5) is 10.5 Å². The number of nitrogens with zero attached hydrogens (tertiary/aromatic N) is 1. The molecule has 0 aliphatic heterocycles. The second-order valence-electron chi connectivity index (χ2n) is 8.53. The van der Waals surface area contributed by atoms with E-state index < -0.39 is 0 Å². The van der Waals surface area contributed by atoms with Crippen LogP contribution in [-0.2, 0) is 4.74 Å². The minimum atomic E-state index is -0.369. The number of nitrogens with one attached hydrogen (secondary N) is 1. The van der Waals surface area contributed by atoms with Crippen molar-refractivity contribution in [1.82, 2.24) is 4.90 Å². The van der Waals surface area contributed by atoms with Gasteiger partial charge in [-0.25, -0.2) is 4.79 Å². The summed E-state index contributed by atoms with van der Waals surface area (Å²) in [5, 5.41) is 2.92. The predicted octanol–water partition coefficient (Wildman–Crippen LogP) is 5.31. The van der Waals surface area contributed by atoms with E-state index in [0.717, 1.165) is 6.42 Å². The van der Waals surface area contributed by atoms with Gasteiger partial charge < -0.3 is 14.4 Å². The lowest BCUT2D eigenvalue weighted by molar-refractivity contribution is -0.0703. The number of hydrogen-bond acceptors (Lipinski definition) is 4. The van der Waals surface area contributed by atoms with Crippen molar-refractivity contribution in [3.05, 3.63) is 24.3 Å². The molecule has 0 saturated heterocycles. The number of carbonyl (C=O) groups is 1. The van der Waals surface area contributed by atoms with Crippen LogP contribution in [0.25, 0.3) is 0 Å². The molecule has 2 atom stereocenters. The van der Waals surface area contributed by atoms with Crippen molar-refractivity contribution in [1.29, 1.82) is 0 Å². The van der Waals surface area contributed by atoms with Gasteiger partial charge in [0.2, 0.25) is 0 Å². The van der Waals surface area contributed by atoms with Crippen LogP contribution < -0.4 is 10.1 Å². The van der Waals surface area contributed by atoms with Crippen molar-refractivity contribution in [3.8, 4) is 5.75 Å². The zero-order valence-corrected chi connectivity index (χ0v) is 17.7. The molecule has 3 aliphatic rings. The summed E-state index contributed by atoms with van der Waals surface area (Å²) in [4.78, 5) is 14.9. The van der Waals surface area contributed by atoms with Gasteiger partial charge in [0.25, 0.3) is 0 Å². The second-order valence-corrected chi connectivity index (χ2v) is 8.53. The van der Waals surface area contributed by atoms with Crippen LogP contribution in [0.1, 0.15) is 58.3 Å². The Morgan fingerprint density at radius 2 is 1.79 bits per heavy atom. The SMILES string of the molecule is CCCCCCOc1ccccc1NC(=O)O[C@H]1C2CCC(CC2)[C@@H]1N(C)C. The minimum Gasteiger partial charge on any atom is -0.491 e. The average Bonchev–Trinajstić information content (AvgIpc) is 2.69. The summed E-state index contributed by atoms with van der Waals surface area (Å²) in [6.45, 7) is 2.87. The molecule has 3 aliphatic carbocycles. The Labute approximate surface area is 169 Å². The number of unbranched alkanes of at least 4 members (excludes halogenated alkanes) is 3. The Balaban J connectivity index is 1.57. The third kappa shape index (κ3) is 5.19. The van der Waals surface area contributed by atoms with Crippen LogP contribution in [0, 0.1) is 11.8 Å². The smallest absolute Gasteiger partial charge is 0.412 e. The molecule has 5 heteroatoms. The molecule has 0 heterocycles. The van der Waals surface area contributed by atoms with Crippen LogP contribution >= 0.6 is 0 Å². The first-order valence-corrected chi connectivity index (χ1v) is 11.0. The first-order valence-electron chi connectivity index (χ1n) is 11.0. The normalized spacial score (nSPS) is 26.3. The topological polar surface area (TPSA) is 50.8 Å². The van der Waals surface area contributed by atoms with Crippen LogP contribution in [0.3, 0.4) is 0 Å². The number of ether oxygens (including phenoxy) is 2. The largest absolute Gasteiger partial charge is 0.491 e. The molecule has 3 saturated carbocycles. The number of fused-ring (bicyclic) bond motifs is 3. The molecular formula is C23H36N2O3. The summed E-state index contributed by atoms with van der Waals surface area (Å²) < 4.78 is 11.9. The predicted molar refractivity (Wildman–Crippen MR) is 113 cm³/mol. The third-order valence-electron chi connectivity index (χ3n) is 6.32. The average molecular weight is 389 g/mol. The molecule has 1 N–H and O–H groups in total. The lowest BCUT2D eigenvalue weighted by Gasteiger charge is -2.50. The molecule has 4 rings (SSSR count). The number of benzene rings is 1. The Morgan fingerprint density at radius 1 is 1.07 bits per heavy atom. The van der Waals surface area contributed by atoms with Crippen molar-refractivity contribution in [2.24, 2.45) is 11.8 Å². The summed E-state index contributed by atoms with van der Waals surface area (Å²) in [6, 6.07) is 7.94. The highest BCUT2D eigenvalue weighted by molar-refractivity contribution is 5.86. The Hall–Kier alpha value is -1.75. The van der Waals surface area contributed by atoms with Gasteiger partial charge in [-0.3, -0.25) is 5.32 Å². The van der Waals surface area contributed by atoms with Crippen molar-refractivity contribution < 1.29 is 14.3 Å². The van der Waals surface area contributed by atoms with Gasteiger partial charge >= 0.3 is 6.09 Å². The fraction of sp³-hybridized carbons (Fsp3) is 0.696. The van der Waals surface area contributed by atoms with E-state index in [1.807, 2.05) is 24.3 Å². The number of likely N-dealkylation sites (N-methyl/N-ethyl adjacent to an activating group) is 1. The number of anilines is 1. The lowest BCUT2D eigenvalue weighted by atomic mass is 9.65. The lowest BCUT2D eigenvalue weighted by Crippen LogP contribution is -2.56. The molecule has 3 fully saturated rings. The van der Waals surface area contributed by atoms with Gasteiger partial charge in [0, 0.05) is 6.04 Å². The van der Waals surface area contributed by atoms with E-state index in [1.165, 1.54) is 44.9 Å².